The Balaban J connectivity index is 1.64. The van der Waals surface area contributed by atoms with E-state index in [-0.39, 0.29) is 17.2 Å². The van der Waals surface area contributed by atoms with E-state index < -0.39 is 23.5 Å². The molecule has 0 amide bonds. The molecule has 0 N–H and O–H groups in total. The maximum atomic E-state index is 13.2. The van der Waals surface area contributed by atoms with Crippen LogP contribution in [0.2, 0.25) is 0 Å². The number of halogens is 6. The molecule has 0 fully saturated rings. The highest BCUT2D eigenvalue weighted by Gasteiger charge is 2.37. The molecule has 6 heteroatoms. The summed E-state index contributed by atoms with van der Waals surface area (Å²) < 4.78 is 79.0. The van der Waals surface area contributed by atoms with Gasteiger partial charge in [0.05, 0.1) is 11.1 Å². The molecule has 0 atom stereocenters. The van der Waals surface area contributed by atoms with Gasteiger partial charge in [-0.3, -0.25) is 0 Å². The molecular weight excluding hydrogens is 450 g/mol. The number of rotatable bonds is 4. The Kier molecular flexibility index (Phi) is 6.09. The molecule has 0 aliphatic heterocycles. The molecule has 172 valence electrons. The topological polar surface area (TPSA) is 0 Å². The van der Waals surface area contributed by atoms with Crippen LogP contribution in [0.25, 0.3) is 39.5 Å². The van der Waals surface area contributed by atoms with Crippen LogP contribution in [0, 0.1) is 0 Å². The predicted octanol–water partition coefficient (Wildman–Crippen LogP) is 9.37. The van der Waals surface area contributed by atoms with Crippen molar-refractivity contribution in [2.75, 3.05) is 0 Å². The molecular formula is C28H18F6. The zero-order valence-electron chi connectivity index (χ0n) is 17.7. The van der Waals surface area contributed by atoms with Crippen molar-refractivity contribution >= 4 is 6.08 Å². The van der Waals surface area contributed by atoms with Gasteiger partial charge in [0.15, 0.2) is 0 Å². The second kappa shape index (κ2) is 8.86. The lowest BCUT2D eigenvalue weighted by molar-refractivity contribution is -0.143. The molecule has 0 aliphatic rings. The van der Waals surface area contributed by atoms with E-state index in [9.17, 15) is 26.3 Å². The molecule has 0 nitrogen and oxygen atoms in total. The Morgan fingerprint density at radius 3 is 1.29 bits per heavy atom. The molecule has 0 saturated heterocycles. The first kappa shape index (κ1) is 23.4. The number of alkyl halides is 6. The summed E-state index contributed by atoms with van der Waals surface area (Å²) in [7, 11) is 0. The first-order chi connectivity index (χ1) is 16.0. The fourth-order valence-electron chi connectivity index (χ4n) is 3.68. The van der Waals surface area contributed by atoms with Gasteiger partial charge in [0, 0.05) is 0 Å². The fraction of sp³-hybridized carbons (Fsp3) is 0.0714. The van der Waals surface area contributed by atoms with E-state index in [2.05, 4.69) is 6.58 Å². The van der Waals surface area contributed by atoms with Crippen LogP contribution in [0.3, 0.4) is 0 Å². The SMILES string of the molecule is C=Cc1cccc(-c2ccc(-c3ccc(-c4cc(C(F)(F)F)cc(C(F)(F)F)c4)cc3)cc2)c1. The van der Waals surface area contributed by atoms with Gasteiger partial charge in [-0.2, -0.15) is 26.3 Å². The molecule has 0 aliphatic carbocycles. The van der Waals surface area contributed by atoms with Gasteiger partial charge in [-0.05, 0) is 63.2 Å². The molecule has 4 rings (SSSR count). The minimum absolute atomic E-state index is 0.129. The Morgan fingerprint density at radius 2 is 0.882 bits per heavy atom. The molecule has 0 aromatic heterocycles. The van der Waals surface area contributed by atoms with Crippen molar-refractivity contribution in [1.82, 2.24) is 0 Å². The summed E-state index contributed by atoms with van der Waals surface area (Å²) in [4.78, 5) is 0. The Hall–Kier alpha value is -3.80. The summed E-state index contributed by atoms with van der Waals surface area (Å²) >= 11 is 0. The lowest BCUT2D eigenvalue weighted by Gasteiger charge is -2.14. The third-order valence-electron chi connectivity index (χ3n) is 5.48. The second-order valence-electron chi connectivity index (χ2n) is 7.78. The van der Waals surface area contributed by atoms with Crippen LogP contribution in [0.15, 0.2) is 97.6 Å². The molecule has 0 radical (unpaired) electrons. The lowest BCUT2D eigenvalue weighted by Crippen LogP contribution is -2.11. The molecule has 4 aromatic rings. The highest BCUT2D eigenvalue weighted by molar-refractivity contribution is 5.74. The second-order valence-corrected chi connectivity index (χ2v) is 7.78. The standard InChI is InChI=1S/C28H18F6/c1-2-18-4-3-5-23(14-18)21-10-6-19(7-11-21)20-8-12-22(13-9-20)24-15-25(27(29,30)31)17-26(16-24)28(32,33)34/h2-17H,1H2. The molecule has 0 bridgehead atoms. The van der Waals surface area contributed by atoms with Crippen LogP contribution in [0.5, 0.6) is 0 Å². The monoisotopic (exact) mass is 468 g/mol. The van der Waals surface area contributed by atoms with E-state index in [4.69, 9.17) is 0 Å². The molecule has 0 heterocycles. The summed E-state index contributed by atoms with van der Waals surface area (Å²) in [5, 5.41) is 0. The summed E-state index contributed by atoms with van der Waals surface area (Å²) in [6.45, 7) is 3.77. The van der Waals surface area contributed by atoms with E-state index in [1.165, 1.54) is 12.1 Å². The van der Waals surface area contributed by atoms with Crippen molar-refractivity contribution in [2.24, 2.45) is 0 Å². The van der Waals surface area contributed by atoms with Crippen LogP contribution < -0.4 is 0 Å². The average molecular weight is 468 g/mol. The van der Waals surface area contributed by atoms with Gasteiger partial charge >= 0.3 is 12.4 Å². The van der Waals surface area contributed by atoms with Crippen LogP contribution in [-0.2, 0) is 12.4 Å². The maximum Gasteiger partial charge on any atom is 0.416 e. The summed E-state index contributed by atoms with van der Waals surface area (Å²) in [6.07, 6.45) is -8.01. The Labute approximate surface area is 192 Å². The fourth-order valence-corrected chi connectivity index (χ4v) is 3.68. The predicted molar refractivity (Wildman–Crippen MR) is 123 cm³/mol. The summed E-state index contributed by atoms with van der Waals surface area (Å²) in [5.41, 5.74) is 2.14. The Bertz CT molecular complexity index is 1280. The van der Waals surface area contributed by atoms with Gasteiger partial charge in [0.1, 0.15) is 0 Å². The lowest BCUT2D eigenvalue weighted by atomic mass is 9.96. The zero-order chi connectivity index (χ0) is 24.5. The van der Waals surface area contributed by atoms with E-state index in [0.717, 1.165) is 39.9 Å². The van der Waals surface area contributed by atoms with Crippen LogP contribution in [0.1, 0.15) is 16.7 Å². The minimum atomic E-state index is -4.89. The van der Waals surface area contributed by atoms with Crippen molar-refractivity contribution in [3.05, 3.63) is 114 Å². The highest BCUT2D eigenvalue weighted by Crippen LogP contribution is 2.39. The smallest absolute Gasteiger partial charge is 0.166 e. The quantitative estimate of drug-likeness (QED) is 0.262. The van der Waals surface area contributed by atoms with Crippen molar-refractivity contribution in [3.63, 3.8) is 0 Å². The maximum absolute atomic E-state index is 13.2. The molecule has 0 saturated carbocycles. The third-order valence-corrected chi connectivity index (χ3v) is 5.48. The van der Waals surface area contributed by atoms with E-state index in [1.54, 1.807) is 18.2 Å². The van der Waals surface area contributed by atoms with Crippen LogP contribution >= 0.6 is 0 Å². The van der Waals surface area contributed by atoms with E-state index in [0.29, 0.717) is 0 Å². The Morgan fingerprint density at radius 1 is 0.471 bits per heavy atom. The van der Waals surface area contributed by atoms with Gasteiger partial charge in [0.2, 0.25) is 0 Å². The van der Waals surface area contributed by atoms with Crippen molar-refractivity contribution in [1.29, 1.82) is 0 Å². The first-order valence-corrected chi connectivity index (χ1v) is 10.3. The molecule has 4 aromatic carbocycles. The van der Waals surface area contributed by atoms with Gasteiger partial charge in [-0.25, -0.2) is 0 Å². The van der Waals surface area contributed by atoms with Crippen molar-refractivity contribution in [3.8, 4) is 33.4 Å². The normalized spacial score (nSPS) is 11.9. The third kappa shape index (κ3) is 5.06. The number of hydrogen-bond donors (Lipinski definition) is 0. The van der Waals surface area contributed by atoms with Gasteiger partial charge in [-0.1, -0.05) is 79.4 Å². The molecule has 0 spiro atoms. The number of benzene rings is 4. The van der Waals surface area contributed by atoms with Crippen LogP contribution in [0.4, 0.5) is 26.3 Å². The summed E-state index contributed by atoms with van der Waals surface area (Å²) in [6, 6.07) is 23.6. The molecule has 0 unspecified atom stereocenters. The summed E-state index contributed by atoms with van der Waals surface area (Å²) in [5.74, 6) is 0. The molecule has 34 heavy (non-hydrogen) atoms. The first-order valence-electron chi connectivity index (χ1n) is 10.3. The van der Waals surface area contributed by atoms with Crippen LogP contribution in [-0.4, -0.2) is 0 Å². The van der Waals surface area contributed by atoms with Gasteiger partial charge in [0.25, 0.3) is 0 Å². The van der Waals surface area contributed by atoms with E-state index in [1.807, 2.05) is 48.5 Å². The zero-order valence-corrected chi connectivity index (χ0v) is 17.7. The van der Waals surface area contributed by atoms with Gasteiger partial charge < -0.3 is 0 Å². The minimum Gasteiger partial charge on any atom is -0.166 e. The van der Waals surface area contributed by atoms with Crippen molar-refractivity contribution < 1.29 is 26.3 Å². The largest absolute Gasteiger partial charge is 0.416 e. The van der Waals surface area contributed by atoms with Gasteiger partial charge in [-0.15, -0.1) is 0 Å². The highest BCUT2D eigenvalue weighted by atomic mass is 19.4. The van der Waals surface area contributed by atoms with E-state index >= 15 is 0 Å². The van der Waals surface area contributed by atoms with Crippen molar-refractivity contribution in [2.45, 2.75) is 12.4 Å². The number of hydrogen-bond acceptors (Lipinski definition) is 0. The average Bonchev–Trinajstić information content (AvgIpc) is 2.83.